The molecule has 1 heterocycles. The number of carboxylic acid groups (broad SMARTS) is 1. The van der Waals surface area contributed by atoms with Gasteiger partial charge in [0.2, 0.25) is 0 Å². The Hall–Kier alpha value is -1.67. The molecule has 0 fully saturated rings. The van der Waals surface area contributed by atoms with Crippen molar-refractivity contribution in [3.05, 3.63) is 16.6 Å². The lowest BCUT2D eigenvalue weighted by molar-refractivity contribution is -0.139. The molecule has 0 aliphatic heterocycles. The Morgan fingerprint density at radius 1 is 1.56 bits per heavy atom. The maximum atomic E-state index is 11.4. The molecule has 7 nitrogen and oxygen atoms in total. The van der Waals surface area contributed by atoms with E-state index < -0.39 is 12.1 Å². The van der Waals surface area contributed by atoms with Crippen LogP contribution < -0.4 is 10.6 Å². The minimum Gasteiger partial charge on any atom is -0.481 e. The molecule has 1 aromatic heterocycles. The number of nitrogens with zero attached hydrogens (tertiary/aromatic N) is 1. The number of ether oxygens (including phenoxy) is 1. The highest BCUT2D eigenvalue weighted by molar-refractivity contribution is 7.09. The van der Waals surface area contributed by atoms with Crippen LogP contribution in [-0.4, -0.2) is 41.8 Å². The first-order valence-corrected chi connectivity index (χ1v) is 6.14. The van der Waals surface area contributed by atoms with Crippen LogP contribution in [0.15, 0.2) is 11.6 Å². The fraction of sp³-hybridized carbons (Fsp3) is 0.500. The molecule has 0 aliphatic carbocycles. The number of aromatic nitrogens is 1. The standard InChI is InChI=1S/C10H15N3O4S/c1-17-7(4-9(14)15)5-12-10(16)13-6-8-11-2-3-18-8/h2-3,7H,4-6H2,1H3,(H,14,15)(H2,12,13,16). The quantitative estimate of drug-likeness (QED) is 0.669. The molecule has 0 bridgehead atoms. The second kappa shape index (κ2) is 7.62. The highest BCUT2D eigenvalue weighted by Crippen LogP contribution is 2.02. The smallest absolute Gasteiger partial charge is 0.315 e. The van der Waals surface area contributed by atoms with Gasteiger partial charge in [0.1, 0.15) is 5.01 Å². The molecule has 0 spiro atoms. The number of methoxy groups -OCH3 is 1. The van der Waals surface area contributed by atoms with Gasteiger partial charge in [0, 0.05) is 25.2 Å². The third kappa shape index (κ3) is 5.60. The van der Waals surface area contributed by atoms with Crippen molar-refractivity contribution in [1.29, 1.82) is 0 Å². The molecule has 8 heteroatoms. The highest BCUT2D eigenvalue weighted by Gasteiger charge is 2.13. The van der Waals surface area contributed by atoms with Gasteiger partial charge in [-0.2, -0.15) is 0 Å². The number of nitrogens with one attached hydrogen (secondary N) is 2. The fourth-order valence-corrected chi connectivity index (χ4v) is 1.75. The number of carbonyl (C=O) groups is 2. The van der Waals surface area contributed by atoms with E-state index in [-0.39, 0.29) is 19.0 Å². The molecule has 100 valence electrons. The Labute approximate surface area is 108 Å². The number of hydrogen-bond donors (Lipinski definition) is 3. The van der Waals surface area contributed by atoms with Gasteiger partial charge in [0.25, 0.3) is 0 Å². The second-order valence-electron chi connectivity index (χ2n) is 3.44. The number of urea groups is 1. The first kappa shape index (κ1) is 14.4. The van der Waals surface area contributed by atoms with E-state index in [0.29, 0.717) is 6.54 Å². The Bertz CT molecular complexity index is 382. The summed E-state index contributed by atoms with van der Waals surface area (Å²) in [6.45, 7) is 0.493. The zero-order valence-electron chi connectivity index (χ0n) is 9.88. The number of rotatable bonds is 7. The third-order valence-electron chi connectivity index (χ3n) is 2.11. The zero-order valence-corrected chi connectivity index (χ0v) is 10.7. The summed E-state index contributed by atoms with van der Waals surface area (Å²) in [5.41, 5.74) is 0. The summed E-state index contributed by atoms with van der Waals surface area (Å²) in [5, 5.41) is 16.4. The lowest BCUT2D eigenvalue weighted by Crippen LogP contribution is -2.40. The van der Waals surface area contributed by atoms with Gasteiger partial charge in [-0.3, -0.25) is 4.79 Å². The Kier molecular flexibility index (Phi) is 6.09. The van der Waals surface area contributed by atoms with Gasteiger partial charge in [-0.1, -0.05) is 0 Å². The Morgan fingerprint density at radius 3 is 2.89 bits per heavy atom. The molecule has 1 atom stereocenters. The summed E-state index contributed by atoms with van der Waals surface area (Å²) in [5.74, 6) is -0.966. The monoisotopic (exact) mass is 273 g/mol. The molecule has 3 N–H and O–H groups in total. The van der Waals surface area contributed by atoms with E-state index in [4.69, 9.17) is 9.84 Å². The average molecular weight is 273 g/mol. The molecule has 1 rings (SSSR count). The van der Waals surface area contributed by atoms with Crippen LogP contribution in [0.4, 0.5) is 4.79 Å². The van der Waals surface area contributed by atoms with Gasteiger partial charge < -0.3 is 20.5 Å². The molecule has 0 aromatic carbocycles. The minimum absolute atomic E-state index is 0.145. The first-order chi connectivity index (χ1) is 8.61. The Balaban J connectivity index is 2.21. The van der Waals surface area contributed by atoms with Crippen LogP contribution in [0.3, 0.4) is 0 Å². The van der Waals surface area contributed by atoms with Crippen LogP contribution in [0, 0.1) is 0 Å². The maximum absolute atomic E-state index is 11.4. The van der Waals surface area contributed by atoms with E-state index in [1.807, 2.05) is 5.38 Å². The molecule has 18 heavy (non-hydrogen) atoms. The van der Waals surface area contributed by atoms with Gasteiger partial charge >= 0.3 is 12.0 Å². The van der Waals surface area contributed by atoms with E-state index in [9.17, 15) is 9.59 Å². The predicted octanol–water partition coefficient (Wildman–Crippen LogP) is 0.432. The van der Waals surface area contributed by atoms with E-state index >= 15 is 0 Å². The van der Waals surface area contributed by atoms with Crippen molar-refractivity contribution >= 4 is 23.3 Å². The maximum Gasteiger partial charge on any atom is 0.315 e. The third-order valence-corrected chi connectivity index (χ3v) is 2.89. The number of carbonyl (C=O) groups excluding carboxylic acids is 1. The number of thiazole rings is 1. The molecule has 1 aromatic rings. The summed E-state index contributed by atoms with van der Waals surface area (Å²) >= 11 is 1.45. The lowest BCUT2D eigenvalue weighted by Gasteiger charge is -2.14. The van der Waals surface area contributed by atoms with Crippen LogP contribution in [0.2, 0.25) is 0 Å². The van der Waals surface area contributed by atoms with Crippen LogP contribution in [-0.2, 0) is 16.1 Å². The topological polar surface area (TPSA) is 101 Å². The van der Waals surface area contributed by atoms with Crippen molar-refractivity contribution in [2.75, 3.05) is 13.7 Å². The molecule has 0 radical (unpaired) electrons. The molecule has 0 saturated carbocycles. The largest absolute Gasteiger partial charge is 0.481 e. The summed E-state index contributed by atoms with van der Waals surface area (Å²) in [6, 6.07) is -0.377. The number of aliphatic carboxylic acids is 1. The van der Waals surface area contributed by atoms with Gasteiger partial charge in [0.05, 0.1) is 19.1 Å². The average Bonchev–Trinajstić information content (AvgIpc) is 2.84. The van der Waals surface area contributed by atoms with Gasteiger partial charge in [0.15, 0.2) is 0 Å². The molecule has 2 amide bonds. The van der Waals surface area contributed by atoms with Gasteiger partial charge in [-0.25, -0.2) is 9.78 Å². The van der Waals surface area contributed by atoms with Crippen molar-refractivity contribution in [3.8, 4) is 0 Å². The van der Waals surface area contributed by atoms with Gasteiger partial charge in [-0.15, -0.1) is 11.3 Å². The SMILES string of the molecule is COC(CNC(=O)NCc1nccs1)CC(=O)O. The first-order valence-electron chi connectivity index (χ1n) is 5.26. The fourth-order valence-electron chi connectivity index (χ4n) is 1.20. The van der Waals surface area contributed by atoms with Crippen molar-refractivity contribution in [3.63, 3.8) is 0 Å². The summed E-state index contributed by atoms with van der Waals surface area (Å²) in [7, 11) is 1.41. The Morgan fingerprint density at radius 2 is 2.33 bits per heavy atom. The molecule has 0 aliphatic rings. The number of amides is 2. The van der Waals surface area contributed by atoms with Crippen molar-refractivity contribution < 1.29 is 19.4 Å². The number of carboxylic acids is 1. The van der Waals surface area contributed by atoms with E-state index in [1.165, 1.54) is 18.4 Å². The van der Waals surface area contributed by atoms with E-state index in [1.54, 1.807) is 6.20 Å². The van der Waals surface area contributed by atoms with Crippen molar-refractivity contribution in [2.24, 2.45) is 0 Å². The molecule has 1 unspecified atom stereocenters. The highest BCUT2D eigenvalue weighted by atomic mass is 32.1. The normalized spacial score (nSPS) is 11.8. The summed E-state index contributed by atoms with van der Waals surface area (Å²) in [6.07, 6.45) is 0.976. The van der Waals surface area contributed by atoms with Gasteiger partial charge in [-0.05, 0) is 0 Å². The summed E-state index contributed by atoms with van der Waals surface area (Å²) in [4.78, 5) is 25.9. The van der Waals surface area contributed by atoms with Crippen molar-refractivity contribution in [1.82, 2.24) is 15.6 Å². The predicted molar refractivity (Wildman–Crippen MR) is 65.4 cm³/mol. The second-order valence-corrected chi connectivity index (χ2v) is 4.42. The van der Waals surface area contributed by atoms with Crippen molar-refractivity contribution in [2.45, 2.75) is 19.1 Å². The molecule has 0 saturated heterocycles. The zero-order chi connectivity index (χ0) is 13.4. The number of hydrogen-bond acceptors (Lipinski definition) is 5. The van der Waals surface area contributed by atoms with E-state index in [0.717, 1.165) is 5.01 Å². The minimum atomic E-state index is -0.966. The van der Waals surface area contributed by atoms with Crippen LogP contribution in [0.1, 0.15) is 11.4 Å². The van der Waals surface area contributed by atoms with Crippen LogP contribution in [0.5, 0.6) is 0 Å². The van der Waals surface area contributed by atoms with E-state index in [2.05, 4.69) is 15.6 Å². The van der Waals surface area contributed by atoms with Crippen LogP contribution >= 0.6 is 11.3 Å². The lowest BCUT2D eigenvalue weighted by atomic mass is 10.2. The molecular weight excluding hydrogens is 258 g/mol. The summed E-state index contributed by atoms with van der Waals surface area (Å²) < 4.78 is 4.93. The molecular formula is C10H15N3O4S. The van der Waals surface area contributed by atoms with Crippen LogP contribution in [0.25, 0.3) is 0 Å².